The standard InChI is InChI=1S/C24H21ClN2O5S/c1-16(28)18-9-6-10-20(13-18)27(33(2,31)32)15-23(29)26-22-12-11-19(25)14-21(22)24(30)17-7-4-3-5-8-17/h3-14H,15H2,1-2H3,(H,26,29). The average molecular weight is 485 g/mol. The van der Waals surface area contributed by atoms with Crippen molar-refractivity contribution in [2.24, 2.45) is 0 Å². The van der Waals surface area contributed by atoms with Gasteiger partial charge in [0, 0.05) is 21.7 Å². The molecule has 0 aromatic heterocycles. The van der Waals surface area contributed by atoms with Crippen LogP contribution < -0.4 is 9.62 Å². The highest BCUT2D eigenvalue weighted by Crippen LogP contribution is 2.25. The van der Waals surface area contributed by atoms with Gasteiger partial charge in [-0.2, -0.15) is 0 Å². The number of rotatable bonds is 8. The van der Waals surface area contributed by atoms with Crippen LogP contribution in [0.4, 0.5) is 11.4 Å². The number of anilines is 2. The third-order valence-corrected chi connectivity index (χ3v) is 6.14. The average Bonchev–Trinajstić information content (AvgIpc) is 2.78. The van der Waals surface area contributed by atoms with Crippen molar-refractivity contribution >= 4 is 50.5 Å². The number of nitrogens with zero attached hydrogens (tertiary/aromatic N) is 1. The first kappa shape index (κ1) is 24.2. The highest BCUT2D eigenvalue weighted by atomic mass is 35.5. The summed E-state index contributed by atoms with van der Waals surface area (Å²) in [5.74, 6) is -1.25. The topological polar surface area (TPSA) is 101 Å². The summed E-state index contributed by atoms with van der Waals surface area (Å²) in [7, 11) is -3.85. The number of amides is 1. The van der Waals surface area contributed by atoms with Crippen molar-refractivity contribution in [1.29, 1.82) is 0 Å². The van der Waals surface area contributed by atoms with E-state index in [-0.39, 0.29) is 28.5 Å². The highest BCUT2D eigenvalue weighted by Gasteiger charge is 2.23. The lowest BCUT2D eigenvalue weighted by molar-refractivity contribution is -0.114. The molecule has 0 heterocycles. The summed E-state index contributed by atoms with van der Waals surface area (Å²) < 4.78 is 25.7. The Morgan fingerprint density at radius 1 is 0.909 bits per heavy atom. The Morgan fingerprint density at radius 2 is 1.58 bits per heavy atom. The van der Waals surface area contributed by atoms with Gasteiger partial charge >= 0.3 is 0 Å². The minimum Gasteiger partial charge on any atom is -0.324 e. The van der Waals surface area contributed by atoms with E-state index in [2.05, 4.69) is 5.32 Å². The summed E-state index contributed by atoms with van der Waals surface area (Å²) >= 11 is 6.07. The monoisotopic (exact) mass is 484 g/mol. The smallest absolute Gasteiger partial charge is 0.245 e. The summed E-state index contributed by atoms with van der Waals surface area (Å²) in [5, 5.41) is 2.92. The van der Waals surface area contributed by atoms with Crippen LogP contribution in [0, 0.1) is 0 Å². The fourth-order valence-electron chi connectivity index (χ4n) is 3.16. The van der Waals surface area contributed by atoms with Crippen LogP contribution in [-0.2, 0) is 14.8 Å². The number of carbonyl (C=O) groups is 3. The zero-order valence-electron chi connectivity index (χ0n) is 17.9. The Bertz CT molecular complexity index is 1320. The summed E-state index contributed by atoms with van der Waals surface area (Å²) in [5.41, 5.74) is 1.27. The number of nitrogens with one attached hydrogen (secondary N) is 1. The first-order chi connectivity index (χ1) is 15.6. The van der Waals surface area contributed by atoms with E-state index in [1.807, 2.05) is 0 Å². The molecule has 3 rings (SSSR count). The van der Waals surface area contributed by atoms with Crippen LogP contribution in [0.1, 0.15) is 33.2 Å². The molecule has 0 unspecified atom stereocenters. The first-order valence-electron chi connectivity index (χ1n) is 9.84. The van der Waals surface area contributed by atoms with Gasteiger partial charge in [-0.15, -0.1) is 0 Å². The first-order valence-corrected chi connectivity index (χ1v) is 12.1. The molecule has 3 aromatic carbocycles. The largest absolute Gasteiger partial charge is 0.324 e. The molecular weight excluding hydrogens is 464 g/mol. The summed E-state index contributed by atoms with van der Waals surface area (Å²) in [6, 6.07) is 18.9. The number of sulfonamides is 1. The summed E-state index contributed by atoms with van der Waals surface area (Å²) in [4.78, 5) is 37.5. The van der Waals surface area contributed by atoms with Gasteiger partial charge < -0.3 is 5.32 Å². The predicted octanol–water partition coefficient (Wildman–Crippen LogP) is 4.18. The lowest BCUT2D eigenvalue weighted by Crippen LogP contribution is -2.37. The highest BCUT2D eigenvalue weighted by molar-refractivity contribution is 7.92. The minimum atomic E-state index is -3.85. The van der Waals surface area contributed by atoms with E-state index in [4.69, 9.17) is 11.6 Å². The zero-order chi connectivity index (χ0) is 24.2. The van der Waals surface area contributed by atoms with E-state index in [1.165, 1.54) is 43.3 Å². The maximum Gasteiger partial charge on any atom is 0.245 e. The molecule has 0 fully saturated rings. The molecule has 33 heavy (non-hydrogen) atoms. The van der Waals surface area contributed by atoms with Crippen molar-refractivity contribution in [2.75, 3.05) is 22.4 Å². The van der Waals surface area contributed by atoms with Gasteiger partial charge in [0.25, 0.3) is 0 Å². The van der Waals surface area contributed by atoms with Gasteiger partial charge in [0.15, 0.2) is 11.6 Å². The molecule has 0 spiro atoms. The van der Waals surface area contributed by atoms with Gasteiger partial charge in [-0.25, -0.2) is 8.42 Å². The third kappa shape index (κ3) is 6.06. The third-order valence-electron chi connectivity index (χ3n) is 4.76. The molecule has 1 amide bonds. The van der Waals surface area contributed by atoms with E-state index in [0.717, 1.165) is 10.6 Å². The molecule has 0 bridgehead atoms. The predicted molar refractivity (Wildman–Crippen MR) is 129 cm³/mol. The molecule has 0 aliphatic carbocycles. The van der Waals surface area contributed by atoms with E-state index >= 15 is 0 Å². The molecule has 0 saturated carbocycles. The maximum atomic E-state index is 13.0. The van der Waals surface area contributed by atoms with Gasteiger partial charge in [-0.1, -0.05) is 54.1 Å². The number of hydrogen-bond acceptors (Lipinski definition) is 5. The number of Topliss-reactive ketones (excluding diaryl/α,β-unsaturated/α-hetero) is 1. The SMILES string of the molecule is CC(=O)c1cccc(N(CC(=O)Nc2ccc(Cl)cc2C(=O)c2ccccc2)S(C)(=O)=O)c1. The lowest BCUT2D eigenvalue weighted by atomic mass is 10.0. The van der Waals surface area contributed by atoms with Gasteiger partial charge in [0.2, 0.25) is 15.9 Å². The van der Waals surface area contributed by atoms with Gasteiger partial charge in [-0.3, -0.25) is 18.7 Å². The Balaban J connectivity index is 1.90. The van der Waals surface area contributed by atoms with Crippen molar-refractivity contribution < 1.29 is 22.8 Å². The van der Waals surface area contributed by atoms with Crippen LogP contribution in [0.2, 0.25) is 5.02 Å². The fraction of sp³-hybridized carbons (Fsp3) is 0.125. The molecule has 0 saturated heterocycles. The normalized spacial score (nSPS) is 11.0. The lowest BCUT2D eigenvalue weighted by Gasteiger charge is -2.22. The number of carbonyl (C=O) groups excluding carboxylic acids is 3. The fourth-order valence-corrected chi connectivity index (χ4v) is 4.18. The van der Waals surface area contributed by atoms with Crippen LogP contribution >= 0.6 is 11.6 Å². The van der Waals surface area contributed by atoms with Gasteiger partial charge in [-0.05, 0) is 37.3 Å². The van der Waals surface area contributed by atoms with E-state index in [0.29, 0.717) is 16.1 Å². The second-order valence-electron chi connectivity index (χ2n) is 7.31. The second-order valence-corrected chi connectivity index (χ2v) is 9.65. The summed E-state index contributed by atoms with van der Waals surface area (Å²) in [6.07, 6.45) is 0.966. The molecule has 3 aromatic rings. The molecule has 0 atom stereocenters. The molecule has 7 nitrogen and oxygen atoms in total. The second kappa shape index (κ2) is 9.97. The molecule has 0 aliphatic rings. The number of ketones is 2. The summed E-state index contributed by atoms with van der Waals surface area (Å²) in [6.45, 7) is 0.810. The van der Waals surface area contributed by atoms with Crippen LogP contribution in [0.3, 0.4) is 0 Å². The number of hydrogen-bond donors (Lipinski definition) is 1. The maximum absolute atomic E-state index is 13.0. The molecular formula is C24H21ClN2O5S. The van der Waals surface area contributed by atoms with Crippen LogP contribution in [0.15, 0.2) is 72.8 Å². The van der Waals surface area contributed by atoms with Crippen LogP contribution in [0.5, 0.6) is 0 Å². The van der Waals surface area contributed by atoms with Crippen LogP contribution in [0.25, 0.3) is 0 Å². The van der Waals surface area contributed by atoms with E-state index in [9.17, 15) is 22.8 Å². The number of benzene rings is 3. The Hall–Kier alpha value is -3.49. The molecule has 1 N–H and O–H groups in total. The van der Waals surface area contributed by atoms with Crippen molar-refractivity contribution in [1.82, 2.24) is 0 Å². The number of halogens is 1. The Kier molecular flexibility index (Phi) is 7.30. The van der Waals surface area contributed by atoms with Crippen LogP contribution in [-0.4, -0.2) is 38.7 Å². The van der Waals surface area contributed by atoms with E-state index in [1.54, 1.807) is 36.4 Å². The molecule has 9 heteroatoms. The zero-order valence-corrected chi connectivity index (χ0v) is 19.5. The van der Waals surface area contributed by atoms with Crippen molar-refractivity contribution in [3.8, 4) is 0 Å². The quantitative estimate of drug-likeness (QED) is 0.483. The Labute approximate surface area is 197 Å². The minimum absolute atomic E-state index is 0.173. The van der Waals surface area contributed by atoms with Crippen molar-refractivity contribution in [2.45, 2.75) is 6.92 Å². The molecule has 0 radical (unpaired) electrons. The van der Waals surface area contributed by atoms with E-state index < -0.39 is 22.5 Å². The molecule has 170 valence electrons. The molecule has 0 aliphatic heterocycles. The van der Waals surface area contributed by atoms with Gasteiger partial charge in [0.1, 0.15) is 6.54 Å². The van der Waals surface area contributed by atoms with Crippen molar-refractivity contribution in [3.05, 3.63) is 94.5 Å². The van der Waals surface area contributed by atoms with Gasteiger partial charge in [0.05, 0.1) is 17.6 Å². The van der Waals surface area contributed by atoms with Crippen molar-refractivity contribution in [3.63, 3.8) is 0 Å². The Morgan fingerprint density at radius 3 is 2.21 bits per heavy atom.